The van der Waals surface area contributed by atoms with E-state index in [9.17, 15) is 4.79 Å². The summed E-state index contributed by atoms with van der Waals surface area (Å²) in [6.07, 6.45) is 3.14. The molecule has 0 heterocycles. The lowest BCUT2D eigenvalue weighted by Gasteiger charge is -2.07. The Morgan fingerprint density at radius 1 is 1.30 bits per heavy atom. The molecule has 0 bridgehead atoms. The monoisotopic (exact) mass is 268 g/mol. The molecule has 1 amide bonds. The van der Waals surface area contributed by atoms with Gasteiger partial charge in [-0.3, -0.25) is 9.79 Å². The summed E-state index contributed by atoms with van der Waals surface area (Å²) in [6.45, 7) is 5.70. The van der Waals surface area contributed by atoms with Crippen molar-refractivity contribution in [2.75, 3.05) is 12.4 Å². The standard InChI is InChI=1S/C17H20N2O/c1-11-8-15(10-17(11)12(2)18-4)14-6-5-7-16(9-14)19-13(3)20/h5-7,9-10H,8H2,1-4H3,(H,19,20)/b18-12-. The first-order valence-electron chi connectivity index (χ1n) is 6.73. The van der Waals surface area contributed by atoms with Crippen LogP contribution in [0.1, 0.15) is 32.8 Å². The molecule has 1 aliphatic rings. The van der Waals surface area contributed by atoms with Gasteiger partial charge in [-0.05, 0) is 55.2 Å². The van der Waals surface area contributed by atoms with Crippen molar-refractivity contribution in [3.05, 3.63) is 47.1 Å². The van der Waals surface area contributed by atoms with Crippen molar-refractivity contribution in [1.29, 1.82) is 0 Å². The van der Waals surface area contributed by atoms with Crippen molar-refractivity contribution in [3.63, 3.8) is 0 Å². The fraction of sp³-hybridized carbons (Fsp3) is 0.294. The lowest BCUT2D eigenvalue weighted by Crippen LogP contribution is -2.05. The number of benzene rings is 1. The van der Waals surface area contributed by atoms with Gasteiger partial charge in [0, 0.05) is 25.4 Å². The van der Waals surface area contributed by atoms with Gasteiger partial charge in [-0.15, -0.1) is 0 Å². The molecular weight excluding hydrogens is 248 g/mol. The summed E-state index contributed by atoms with van der Waals surface area (Å²) in [5, 5.41) is 2.82. The van der Waals surface area contributed by atoms with E-state index in [2.05, 4.69) is 29.4 Å². The second kappa shape index (κ2) is 5.87. The molecule has 2 rings (SSSR count). The van der Waals surface area contributed by atoms with Crippen LogP contribution < -0.4 is 5.32 Å². The van der Waals surface area contributed by atoms with Gasteiger partial charge in [0.15, 0.2) is 0 Å². The molecule has 1 aliphatic carbocycles. The lowest BCUT2D eigenvalue weighted by atomic mass is 10.0. The highest BCUT2D eigenvalue weighted by molar-refractivity contribution is 6.05. The summed E-state index contributed by atoms with van der Waals surface area (Å²) in [7, 11) is 1.82. The van der Waals surface area contributed by atoms with Crippen molar-refractivity contribution in [3.8, 4) is 0 Å². The van der Waals surface area contributed by atoms with Gasteiger partial charge in [0.2, 0.25) is 5.91 Å². The van der Waals surface area contributed by atoms with E-state index in [-0.39, 0.29) is 5.91 Å². The third kappa shape index (κ3) is 3.05. The van der Waals surface area contributed by atoms with E-state index in [0.29, 0.717) is 0 Å². The molecule has 3 heteroatoms. The Bertz CT molecular complexity index is 636. The summed E-state index contributed by atoms with van der Waals surface area (Å²) in [4.78, 5) is 15.4. The number of allylic oxidation sites excluding steroid dienone is 4. The second-order valence-corrected chi connectivity index (χ2v) is 5.11. The largest absolute Gasteiger partial charge is 0.326 e. The van der Waals surface area contributed by atoms with Gasteiger partial charge < -0.3 is 5.32 Å². The zero-order chi connectivity index (χ0) is 14.7. The zero-order valence-corrected chi connectivity index (χ0v) is 12.4. The van der Waals surface area contributed by atoms with E-state index in [1.165, 1.54) is 23.6 Å². The first-order chi connectivity index (χ1) is 9.51. The van der Waals surface area contributed by atoms with Gasteiger partial charge >= 0.3 is 0 Å². The number of anilines is 1. The molecule has 0 radical (unpaired) electrons. The van der Waals surface area contributed by atoms with E-state index in [4.69, 9.17) is 0 Å². The van der Waals surface area contributed by atoms with Gasteiger partial charge in [-0.1, -0.05) is 17.7 Å². The van der Waals surface area contributed by atoms with Crippen LogP contribution in [0.25, 0.3) is 5.57 Å². The molecule has 104 valence electrons. The number of carbonyl (C=O) groups is 1. The third-order valence-corrected chi connectivity index (χ3v) is 3.51. The Balaban J connectivity index is 2.29. The number of carbonyl (C=O) groups excluding carboxylic acids is 1. The van der Waals surface area contributed by atoms with E-state index in [1.54, 1.807) is 0 Å². The molecule has 1 aromatic carbocycles. The molecule has 0 aliphatic heterocycles. The number of amides is 1. The molecule has 1 N–H and O–H groups in total. The Kier molecular flexibility index (Phi) is 4.18. The molecular formula is C17H20N2O. The van der Waals surface area contributed by atoms with Gasteiger partial charge in [0.1, 0.15) is 0 Å². The van der Waals surface area contributed by atoms with Crippen LogP contribution in [0.3, 0.4) is 0 Å². The van der Waals surface area contributed by atoms with Gasteiger partial charge in [-0.2, -0.15) is 0 Å². The minimum absolute atomic E-state index is 0.0495. The second-order valence-electron chi connectivity index (χ2n) is 5.11. The molecule has 20 heavy (non-hydrogen) atoms. The highest BCUT2D eigenvalue weighted by Crippen LogP contribution is 2.33. The van der Waals surface area contributed by atoms with Crippen LogP contribution in [-0.2, 0) is 4.79 Å². The normalized spacial score (nSPS) is 15.4. The summed E-state index contributed by atoms with van der Waals surface area (Å²) in [6, 6.07) is 7.96. The topological polar surface area (TPSA) is 41.5 Å². The molecule has 3 nitrogen and oxygen atoms in total. The van der Waals surface area contributed by atoms with Crippen LogP contribution in [0.2, 0.25) is 0 Å². The van der Waals surface area contributed by atoms with Gasteiger partial charge in [-0.25, -0.2) is 0 Å². The van der Waals surface area contributed by atoms with Gasteiger partial charge in [0.25, 0.3) is 0 Å². The first kappa shape index (κ1) is 14.3. The summed E-state index contributed by atoms with van der Waals surface area (Å²) >= 11 is 0. The SMILES string of the molecule is C/N=C(/C)C1=C(C)CC(c2cccc(NC(C)=O)c2)=C1. The van der Waals surface area contributed by atoms with Crippen molar-refractivity contribution < 1.29 is 4.79 Å². The van der Waals surface area contributed by atoms with Crippen LogP contribution in [0.4, 0.5) is 5.69 Å². The number of nitrogens with one attached hydrogen (secondary N) is 1. The Labute approximate surface area is 120 Å². The smallest absolute Gasteiger partial charge is 0.221 e. The zero-order valence-electron chi connectivity index (χ0n) is 12.4. The van der Waals surface area contributed by atoms with Crippen LogP contribution in [0.5, 0.6) is 0 Å². The molecule has 0 saturated heterocycles. The lowest BCUT2D eigenvalue weighted by molar-refractivity contribution is -0.114. The Morgan fingerprint density at radius 2 is 2.05 bits per heavy atom. The molecule has 0 spiro atoms. The Morgan fingerprint density at radius 3 is 2.70 bits per heavy atom. The molecule has 0 atom stereocenters. The third-order valence-electron chi connectivity index (χ3n) is 3.51. The van der Waals surface area contributed by atoms with Crippen molar-refractivity contribution >= 4 is 22.9 Å². The quantitative estimate of drug-likeness (QED) is 0.831. The van der Waals surface area contributed by atoms with Crippen molar-refractivity contribution in [2.24, 2.45) is 4.99 Å². The predicted molar refractivity (Wildman–Crippen MR) is 85.1 cm³/mol. The molecule has 0 unspecified atom stereocenters. The number of aliphatic imine (C=N–C) groups is 1. The number of rotatable bonds is 3. The van der Waals surface area contributed by atoms with E-state index in [0.717, 1.165) is 23.4 Å². The van der Waals surface area contributed by atoms with Crippen LogP contribution in [0, 0.1) is 0 Å². The van der Waals surface area contributed by atoms with Crippen LogP contribution >= 0.6 is 0 Å². The summed E-state index contributed by atoms with van der Waals surface area (Å²) in [5.41, 5.74) is 6.89. The summed E-state index contributed by atoms with van der Waals surface area (Å²) in [5.74, 6) is -0.0495. The highest BCUT2D eigenvalue weighted by Gasteiger charge is 2.16. The van der Waals surface area contributed by atoms with Crippen LogP contribution in [-0.4, -0.2) is 18.7 Å². The van der Waals surface area contributed by atoms with E-state index < -0.39 is 0 Å². The number of hydrogen-bond donors (Lipinski definition) is 1. The minimum Gasteiger partial charge on any atom is -0.326 e. The van der Waals surface area contributed by atoms with E-state index >= 15 is 0 Å². The molecule has 0 fully saturated rings. The van der Waals surface area contributed by atoms with Gasteiger partial charge in [0.05, 0.1) is 0 Å². The van der Waals surface area contributed by atoms with E-state index in [1.807, 2.05) is 32.2 Å². The highest BCUT2D eigenvalue weighted by atomic mass is 16.1. The number of nitrogens with zero attached hydrogens (tertiary/aromatic N) is 1. The van der Waals surface area contributed by atoms with Crippen LogP contribution in [0.15, 0.2) is 46.5 Å². The fourth-order valence-corrected chi connectivity index (χ4v) is 2.45. The molecule has 0 saturated carbocycles. The number of hydrogen-bond acceptors (Lipinski definition) is 2. The van der Waals surface area contributed by atoms with Crippen molar-refractivity contribution in [2.45, 2.75) is 27.2 Å². The minimum atomic E-state index is -0.0495. The maximum absolute atomic E-state index is 11.1. The first-order valence-corrected chi connectivity index (χ1v) is 6.73. The van der Waals surface area contributed by atoms with Crippen molar-refractivity contribution in [1.82, 2.24) is 0 Å². The Hall–Kier alpha value is -2.16. The maximum atomic E-state index is 11.1. The maximum Gasteiger partial charge on any atom is 0.221 e. The fourth-order valence-electron chi connectivity index (χ4n) is 2.45. The average molecular weight is 268 g/mol. The average Bonchev–Trinajstić information content (AvgIpc) is 2.79. The molecule has 0 aromatic heterocycles. The predicted octanol–water partition coefficient (Wildman–Crippen LogP) is 3.84. The molecule has 1 aromatic rings. The summed E-state index contributed by atoms with van der Waals surface area (Å²) < 4.78 is 0.